The number of ketones is 1. The Bertz CT molecular complexity index is 863. The molecule has 0 aromatic heterocycles. The van der Waals surface area contributed by atoms with E-state index in [1.807, 2.05) is 18.2 Å². The highest BCUT2D eigenvalue weighted by Crippen LogP contribution is 2.32. The zero-order chi connectivity index (χ0) is 14.4. The zero-order valence-electron chi connectivity index (χ0n) is 11.4. The molecular weight excluding hydrogens is 263 g/mol. The maximum absolute atomic E-state index is 13.0. The molecule has 0 bridgehead atoms. The van der Waals surface area contributed by atoms with Gasteiger partial charge in [-0.2, -0.15) is 0 Å². The van der Waals surface area contributed by atoms with Crippen LogP contribution in [0.25, 0.3) is 10.8 Å². The lowest BCUT2D eigenvalue weighted by Crippen LogP contribution is -2.02. The number of carbonyl (C=O) groups is 1. The van der Waals surface area contributed by atoms with Gasteiger partial charge in [0, 0.05) is 11.1 Å². The molecule has 0 radical (unpaired) electrons. The first kappa shape index (κ1) is 12.3. The first-order valence-corrected chi connectivity index (χ1v) is 7.07. The van der Waals surface area contributed by atoms with Crippen LogP contribution in [0.5, 0.6) is 0 Å². The molecule has 21 heavy (non-hydrogen) atoms. The van der Waals surface area contributed by atoms with Gasteiger partial charge in [-0.25, -0.2) is 4.39 Å². The second kappa shape index (κ2) is 4.52. The van der Waals surface area contributed by atoms with Crippen molar-refractivity contribution < 1.29 is 9.18 Å². The molecule has 0 atom stereocenters. The first-order valence-electron chi connectivity index (χ1n) is 7.07. The maximum Gasteiger partial charge on any atom is 0.193 e. The number of hydrogen-bond donors (Lipinski definition) is 0. The van der Waals surface area contributed by atoms with Gasteiger partial charge in [0.05, 0.1) is 0 Å². The van der Waals surface area contributed by atoms with E-state index in [0.717, 1.165) is 18.2 Å². The third-order valence-corrected chi connectivity index (χ3v) is 4.18. The fraction of sp³-hybridized carbons (Fsp3) is 0.105. The summed E-state index contributed by atoms with van der Waals surface area (Å²) in [4.78, 5) is 12.6. The number of hydrogen-bond acceptors (Lipinski definition) is 1. The third kappa shape index (κ3) is 1.95. The molecule has 3 aromatic carbocycles. The molecule has 1 nitrogen and oxygen atoms in total. The van der Waals surface area contributed by atoms with Crippen molar-refractivity contribution in [2.75, 3.05) is 0 Å². The Kier molecular flexibility index (Phi) is 2.64. The molecule has 0 amide bonds. The van der Waals surface area contributed by atoms with Gasteiger partial charge in [-0.1, -0.05) is 18.2 Å². The van der Waals surface area contributed by atoms with Gasteiger partial charge in [0.15, 0.2) is 5.78 Å². The van der Waals surface area contributed by atoms with E-state index in [1.165, 1.54) is 40.8 Å². The molecule has 1 aliphatic carbocycles. The Labute approximate surface area is 122 Å². The summed E-state index contributed by atoms with van der Waals surface area (Å²) >= 11 is 0. The molecule has 0 heterocycles. The van der Waals surface area contributed by atoms with E-state index in [-0.39, 0.29) is 11.6 Å². The third-order valence-electron chi connectivity index (χ3n) is 4.18. The summed E-state index contributed by atoms with van der Waals surface area (Å²) in [6, 6.07) is 15.9. The Morgan fingerprint density at radius 2 is 1.62 bits per heavy atom. The SMILES string of the molecule is O=C(c1ccc(F)cc1)c1cc2c3c(cccc3c1)CC2. The molecule has 0 unspecified atom stereocenters. The predicted octanol–water partition coefficient (Wildman–Crippen LogP) is 4.31. The molecule has 0 aliphatic heterocycles. The number of carbonyl (C=O) groups excluding carboxylic acids is 1. The number of aryl methyl sites for hydroxylation is 2. The molecular formula is C19H13FO. The van der Waals surface area contributed by atoms with Gasteiger partial charge in [0.2, 0.25) is 0 Å². The minimum absolute atomic E-state index is 0.0505. The Balaban J connectivity index is 1.85. The second-order valence-corrected chi connectivity index (χ2v) is 5.49. The number of rotatable bonds is 2. The zero-order valence-corrected chi connectivity index (χ0v) is 11.4. The van der Waals surface area contributed by atoms with Crippen molar-refractivity contribution in [2.24, 2.45) is 0 Å². The van der Waals surface area contributed by atoms with Crippen LogP contribution in [0.2, 0.25) is 0 Å². The highest BCUT2D eigenvalue weighted by atomic mass is 19.1. The van der Waals surface area contributed by atoms with Gasteiger partial charge in [0.25, 0.3) is 0 Å². The Morgan fingerprint density at radius 1 is 0.857 bits per heavy atom. The van der Waals surface area contributed by atoms with E-state index in [1.54, 1.807) is 0 Å². The summed E-state index contributed by atoms with van der Waals surface area (Å²) in [7, 11) is 0. The summed E-state index contributed by atoms with van der Waals surface area (Å²) in [6.45, 7) is 0. The monoisotopic (exact) mass is 276 g/mol. The summed E-state index contributed by atoms with van der Waals surface area (Å²) in [5, 5.41) is 2.42. The van der Waals surface area contributed by atoms with Crippen molar-refractivity contribution in [3.05, 3.63) is 82.7 Å². The fourth-order valence-corrected chi connectivity index (χ4v) is 3.17. The molecule has 2 heteroatoms. The van der Waals surface area contributed by atoms with Crippen molar-refractivity contribution in [3.8, 4) is 0 Å². The molecule has 0 spiro atoms. The minimum Gasteiger partial charge on any atom is -0.289 e. The highest BCUT2D eigenvalue weighted by molar-refractivity contribution is 6.11. The molecule has 0 N–H and O–H groups in total. The number of halogens is 1. The topological polar surface area (TPSA) is 17.1 Å². The van der Waals surface area contributed by atoms with E-state index >= 15 is 0 Å². The van der Waals surface area contributed by atoms with Crippen molar-refractivity contribution in [2.45, 2.75) is 12.8 Å². The molecule has 102 valence electrons. The average Bonchev–Trinajstić information content (AvgIpc) is 2.92. The minimum atomic E-state index is -0.326. The Hall–Kier alpha value is -2.48. The van der Waals surface area contributed by atoms with Crippen LogP contribution in [0, 0.1) is 5.82 Å². The van der Waals surface area contributed by atoms with E-state index < -0.39 is 0 Å². The number of benzene rings is 3. The largest absolute Gasteiger partial charge is 0.289 e. The van der Waals surface area contributed by atoms with Gasteiger partial charge in [0.1, 0.15) is 5.82 Å². The van der Waals surface area contributed by atoms with Gasteiger partial charge in [-0.15, -0.1) is 0 Å². The maximum atomic E-state index is 13.0. The summed E-state index contributed by atoms with van der Waals surface area (Å²) in [5.41, 5.74) is 3.82. The van der Waals surface area contributed by atoms with E-state index in [4.69, 9.17) is 0 Å². The van der Waals surface area contributed by atoms with Crippen LogP contribution >= 0.6 is 0 Å². The van der Waals surface area contributed by atoms with Crippen molar-refractivity contribution in [1.82, 2.24) is 0 Å². The summed E-state index contributed by atoms with van der Waals surface area (Å²) < 4.78 is 13.0. The van der Waals surface area contributed by atoms with Crippen LogP contribution in [0.15, 0.2) is 54.6 Å². The van der Waals surface area contributed by atoms with Gasteiger partial charge in [-0.3, -0.25) is 4.79 Å². The molecule has 1 aliphatic rings. The van der Waals surface area contributed by atoms with Crippen molar-refractivity contribution in [1.29, 1.82) is 0 Å². The van der Waals surface area contributed by atoms with Crippen LogP contribution in [0.3, 0.4) is 0 Å². The summed E-state index contributed by atoms with van der Waals surface area (Å²) in [6.07, 6.45) is 2.03. The second-order valence-electron chi connectivity index (χ2n) is 5.49. The van der Waals surface area contributed by atoms with Gasteiger partial charge < -0.3 is 0 Å². The van der Waals surface area contributed by atoms with Crippen molar-refractivity contribution >= 4 is 16.6 Å². The first-order chi connectivity index (χ1) is 10.2. The molecule has 0 fully saturated rings. The van der Waals surface area contributed by atoms with E-state index in [2.05, 4.69) is 12.1 Å². The highest BCUT2D eigenvalue weighted by Gasteiger charge is 2.17. The molecule has 0 saturated heterocycles. The van der Waals surface area contributed by atoms with Gasteiger partial charge >= 0.3 is 0 Å². The predicted molar refractivity (Wildman–Crippen MR) is 81.2 cm³/mol. The standard InChI is InChI=1S/C19H13FO/c20-17-8-6-13(7-9-17)19(21)16-10-14-3-1-2-12-4-5-15(11-16)18(12)14/h1-3,6-11H,4-5H2. The van der Waals surface area contributed by atoms with Crippen LogP contribution in [0.1, 0.15) is 27.0 Å². The Morgan fingerprint density at radius 3 is 2.43 bits per heavy atom. The lowest BCUT2D eigenvalue weighted by molar-refractivity contribution is 0.103. The van der Waals surface area contributed by atoms with Crippen LogP contribution < -0.4 is 0 Å². The molecule has 3 aromatic rings. The van der Waals surface area contributed by atoms with Crippen molar-refractivity contribution in [3.63, 3.8) is 0 Å². The van der Waals surface area contributed by atoms with E-state index in [9.17, 15) is 9.18 Å². The molecule has 4 rings (SSSR count). The lowest BCUT2D eigenvalue weighted by atomic mass is 9.97. The summed E-state index contributed by atoms with van der Waals surface area (Å²) in [5.74, 6) is -0.376. The smallest absolute Gasteiger partial charge is 0.193 e. The lowest BCUT2D eigenvalue weighted by Gasteiger charge is -2.06. The average molecular weight is 276 g/mol. The van der Waals surface area contributed by atoms with E-state index in [0.29, 0.717) is 11.1 Å². The van der Waals surface area contributed by atoms with Crippen LogP contribution in [-0.2, 0) is 12.8 Å². The fourth-order valence-electron chi connectivity index (χ4n) is 3.17. The van der Waals surface area contributed by atoms with Gasteiger partial charge in [-0.05, 0) is 71.1 Å². The normalized spacial score (nSPS) is 12.8. The quantitative estimate of drug-likeness (QED) is 0.637. The molecule has 0 saturated carbocycles. The van der Waals surface area contributed by atoms with Crippen LogP contribution in [-0.4, -0.2) is 5.78 Å². The van der Waals surface area contributed by atoms with Crippen LogP contribution in [0.4, 0.5) is 4.39 Å².